The van der Waals surface area contributed by atoms with Gasteiger partial charge in [-0.2, -0.15) is 18.1 Å². The van der Waals surface area contributed by atoms with Gasteiger partial charge in [0.05, 0.1) is 18.1 Å². The van der Waals surface area contributed by atoms with Gasteiger partial charge >= 0.3 is 60.4 Å². The summed E-state index contributed by atoms with van der Waals surface area (Å²) in [6.07, 6.45) is 24.5. The van der Waals surface area contributed by atoms with Crippen LogP contribution in [0, 0.1) is 11.8 Å². The van der Waals surface area contributed by atoms with Crippen LogP contribution >= 0.6 is 0 Å². The number of carbonyl (C=O) groups excluding carboxylic acids is 4. The molecule has 3 N–H and O–H groups in total. The van der Waals surface area contributed by atoms with E-state index in [1.165, 1.54) is 57.8 Å². The maximum Gasteiger partial charge on any atom is 4.00 e. The quantitative estimate of drug-likeness (QED) is 0.0245. The van der Waals surface area contributed by atoms with Crippen LogP contribution in [0.15, 0.2) is 24.4 Å². The molecule has 378 valence electrons. The molecule has 2 unspecified atom stereocenters. The minimum atomic E-state index is -0.807. The summed E-state index contributed by atoms with van der Waals surface area (Å²) < 4.78 is 8.22. The molecular weight excluding hydrogens is 1060 g/mol. The van der Waals surface area contributed by atoms with Crippen molar-refractivity contribution in [2.45, 2.75) is 162 Å². The fourth-order valence-corrected chi connectivity index (χ4v) is 7.50. The minimum Gasteiger partial charge on any atom is 4.00 e. The molecule has 0 aliphatic heterocycles. The fourth-order valence-electron chi connectivity index (χ4n) is 7.15. The van der Waals surface area contributed by atoms with E-state index in [1.54, 1.807) is 6.20 Å². The van der Waals surface area contributed by atoms with Crippen molar-refractivity contribution in [2.24, 2.45) is 11.8 Å². The van der Waals surface area contributed by atoms with E-state index in [1.807, 2.05) is 23.1 Å². The molecule has 0 aliphatic carbocycles. The van der Waals surface area contributed by atoms with E-state index < -0.39 is 17.9 Å². The Kier molecular flexibility index (Phi) is 71.6. The van der Waals surface area contributed by atoms with E-state index in [4.69, 9.17) is 53.4 Å². The van der Waals surface area contributed by atoms with E-state index in [2.05, 4.69) is 49.4 Å². The number of pyridine rings is 1. The Labute approximate surface area is 432 Å². The number of carboxylic acid groups (broad SMARTS) is 3. The molecule has 66 heavy (non-hydrogen) atoms. The number of hydrogen-bond donors (Lipinski definition) is 3. The Balaban J connectivity index is -0.000000234. The van der Waals surface area contributed by atoms with Crippen molar-refractivity contribution in [2.75, 3.05) is 50.8 Å². The van der Waals surface area contributed by atoms with Gasteiger partial charge < -0.3 is 65.1 Å². The van der Waals surface area contributed by atoms with E-state index in [-0.39, 0.29) is 45.4 Å². The predicted molar refractivity (Wildman–Crippen MR) is 257 cm³/mol. The summed E-state index contributed by atoms with van der Waals surface area (Å²) in [5, 5.41) is 30.7. The number of carbonyl (C=O) groups is 4. The third-order valence-corrected chi connectivity index (χ3v) is 10.6. The van der Waals surface area contributed by atoms with Gasteiger partial charge in [0.15, 0.2) is 0 Å². The van der Waals surface area contributed by atoms with Crippen LogP contribution in [0.25, 0.3) is 5.32 Å². The molecule has 1 rings (SSSR count). The van der Waals surface area contributed by atoms with Gasteiger partial charge in [-0.15, -0.1) is 0 Å². The van der Waals surface area contributed by atoms with Gasteiger partial charge in [-0.3, -0.25) is 49.5 Å². The van der Waals surface area contributed by atoms with Crippen molar-refractivity contribution in [3.63, 3.8) is 0 Å². The number of rotatable bonds is 38. The zero-order chi connectivity index (χ0) is 50.4. The molecule has 1 aromatic rings. The van der Waals surface area contributed by atoms with E-state index >= 15 is 0 Å². The van der Waals surface area contributed by atoms with Crippen molar-refractivity contribution in [1.82, 2.24) is 14.8 Å². The SMILES string of the molecule is CCCCCC(CCCCCC(=O)O)CCCN(CC(=O)O)Cc1ccccn1.CCCCCC(CCCCCC(=O)O)CCCN(CC[S-])CC(=O)[N-]CC[S-].[CH-]=O.[CH-]=O.[CH-]=O.[O]=[Tc+4].[Tc+4]. The molecule has 15 nitrogen and oxygen atoms in total. The van der Waals surface area contributed by atoms with Crippen LogP contribution in [-0.4, -0.2) is 125 Å². The largest absolute Gasteiger partial charge is 4.00 e. The average molecular weight is 1140 g/mol. The summed E-state index contributed by atoms with van der Waals surface area (Å²) in [6, 6.07) is 5.72. The Bertz CT molecular complexity index is 1220. The van der Waals surface area contributed by atoms with Crippen molar-refractivity contribution in [3.05, 3.63) is 35.4 Å². The number of carboxylic acids is 3. The molecule has 0 fully saturated rings. The number of amides is 1. The molecule has 19 heteroatoms. The van der Waals surface area contributed by atoms with Crippen LogP contribution in [0.2, 0.25) is 0 Å². The number of aromatic nitrogens is 1. The zero-order valence-corrected chi connectivity index (χ0v) is 44.9. The van der Waals surface area contributed by atoms with Gasteiger partial charge in [-0.25, -0.2) is 0 Å². The number of aliphatic carboxylic acids is 3. The Morgan fingerprint density at radius 3 is 1.42 bits per heavy atom. The smallest absolute Gasteiger partial charge is 4.00 e. The Morgan fingerprint density at radius 1 is 0.606 bits per heavy atom. The van der Waals surface area contributed by atoms with Crippen molar-refractivity contribution in [3.8, 4) is 0 Å². The summed E-state index contributed by atoms with van der Waals surface area (Å²) in [5.41, 5.74) is 0.895. The van der Waals surface area contributed by atoms with Gasteiger partial charge in [0.2, 0.25) is 0 Å². The molecule has 0 bridgehead atoms. The first-order valence-electron chi connectivity index (χ1n) is 22.8. The molecule has 1 radical (unpaired) electrons. The van der Waals surface area contributed by atoms with Crippen LogP contribution < -0.4 is 0 Å². The first-order chi connectivity index (χ1) is 31.5. The van der Waals surface area contributed by atoms with Gasteiger partial charge in [0, 0.05) is 32.1 Å². The van der Waals surface area contributed by atoms with Gasteiger partial charge in [-0.05, 0) is 82.1 Å². The van der Waals surface area contributed by atoms with Crippen molar-refractivity contribution < 1.29 is 91.3 Å². The Hall–Kier alpha value is -2.24. The third-order valence-electron chi connectivity index (χ3n) is 10.2. The van der Waals surface area contributed by atoms with E-state index in [0.29, 0.717) is 43.0 Å². The molecule has 1 heterocycles. The second-order valence-corrected chi connectivity index (χ2v) is 16.2. The number of hydrogen-bond acceptors (Lipinski definition) is 13. The summed E-state index contributed by atoms with van der Waals surface area (Å²) in [5.74, 6) is 0.142. The summed E-state index contributed by atoms with van der Waals surface area (Å²) in [7, 11) is 0. The molecular formula is C47H80N4O11S2Tc2+2. The molecule has 0 saturated carbocycles. The molecule has 2 atom stereocenters. The predicted octanol–water partition coefficient (Wildman–Crippen LogP) is 8.33. The van der Waals surface area contributed by atoms with Crippen LogP contribution in [0.5, 0.6) is 0 Å². The van der Waals surface area contributed by atoms with Crippen molar-refractivity contribution in [1.29, 1.82) is 0 Å². The molecule has 1 amide bonds. The van der Waals surface area contributed by atoms with Crippen LogP contribution in [0.1, 0.15) is 161 Å². The first kappa shape index (κ1) is 75.3. The zero-order valence-electron chi connectivity index (χ0n) is 39.6. The fraction of sp³-hybridized carbons (Fsp3) is 0.745. The van der Waals surface area contributed by atoms with Gasteiger partial charge in [0.1, 0.15) is 0 Å². The van der Waals surface area contributed by atoms with Crippen molar-refractivity contribution >= 4 is 69.4 Å². The van der Waals surface area contributed by atoms with Gasteiger partial charge in [-0.1, -0.05) is 110 Å². The van der Waals surface area contributed by atoms with Crippen LogP contribution in [0.3, 0.4) is 0 Å². The molecule has 0 aromatic carbocycles. The Morgan fingerprint density at radius 2 is 1.05 bits per heavy atom. The topological polar surface area (TPSA) is 231 Å². The monoisotopic (exact) mass is 1130 g/mol. The van der Waals surface area contributed by atoms with Crippen LogP contribution in [0.4, 0.5) is 0 Å². The maximum absolute atomic E-state index is 11.9. The second-order valence-electron chi connectivity index (χ2n) is 15.4. The van der Waals surface area contributed by atoms with E-state index in [9.17, 15) is 24.3 Å². The minimum absolute atomic E-state index is 0. The molecule has 1 aromatic heterocycles. The molecule has 0 aliphatic rings. The molecule has 0 spiro atoms. The summed E-state index contributed by atoms with van der Waals surface area (Å²) >= 11 is 10.8. The first-order valence-corrected chi connectivity index (χ1v) is 24.7. The van der Waals surface area contributed by atoms with Gasteiger partial charge in [0.25, 0.3) is 0 Å². The molecule has 0 saturated heterocycles. The summed E-state index contributed by atoms with van der Waals surface area (Å²) in [6.45, 7) is 17.9. The third kappa shape index (κ3) is 57.9. The summed E-state index contributed by atoms with van der Waals surface area (Å²) in [4.78, 5) is 76.0. The average Bonchev–Trinajstić information content (AvgIpc) is 3.30. The standard InChI is InChI=1S/C23H38N2O4.C21H42N2O3S2.3CHO.O.2Tc/c1-2-3-5-11-20(12-6-4-7-15-22(26)27)13-10-17-25(19-23(28)29)18-21-14-8-9-16-24-21;1-2-3-5-9-19(10-6-4-7-12-21(25)26)11-8-14-23(15-17-28)18-20(24)22-13-16-27;3*1-2;;;/h8-9,14,16,20H,2-7,10-13,15,17-19H2,1H3,(H,26,27)(H,28,29);19H,2-18H2,1H3,(H4,22,24,25,26,27,28);3*1H;;;/q;;3*-1;;2*+4/p-3. The number of unbranched alkanes of at least 4 members (excludes halogenated alkanes) is 8. The van der Waals surface area contributed by atoms with Crippen LogP contribution in [-0.2, 0) is 108 Å². The number of nitrogens with zero attached hydrogens (tertiary/aromatic N) is 4. The van der Waals surface area contributed by atoms with E-state index in [0.717, 1.165) is 115 Å². The second kappa shape index (κ2) is 62.8. The normalized spacial score (nSPS) is 10.8. The maximum atomic E-state index is 11.9.